The Kier molecular flexibility index (Phi) is 6.72. The fourth-order valence-corrected chi connectivity index (χ4v) is 3.37. The van der Waals surface area contributed by atoms with Gasteiger partial charge in [0.15, 0.2) is 0 Å². The second-order valence-corrected chi connectivity index (χ2v) is 7.58. The van der Waals surface area contributed by atoms with Crippen molar-refractivity contribution in [1.29, 1.82) is 0 Å². The standard InChI is InChI=1S/C24H23ClN4O/c25-23-8-6-21(7-9-23)22-15-20(16-26-17-22)18-30-24-10-4-19(5-11-24)3-1-2-13-29-14-12-27-28-29/h4-12,14-17H,1-3,13,18H2. The summed E-state index contributed by atoms with van der Waals surface area (Å²) in [6.07, 6.45) is 10.5. The van der Waals surface area contributed by atoms with Gasteiger partial charge in [-0.3, -0.25) is 9.67 Å². The molecule has 0 N–H and O–H groups in total. The molecule has 4 aromatic rings. The average molecular weight is 419 g/mol. The predicted molar refractivity (Wildman–Crippen MR) is 118 cm³/mol. The summed E-state index contributed by atoms with van der Waals surface area (Å²) in [5.41, 5.74) is 4.47. The maximum absolute atomic E-state index is 5.97. The Morgan fingerprint density at radius 2 is 1.70 bits per heavy atom. The highest BCUT2D eigenvalue weighted by atomic mass is 35.5. The molecule has 5 nitrogen and oxygen atoms in total. The summed E-state index contributed by atoms with van der Waals surface area (Å²) in [4.78, 5) is 4.35. The Bertz CT molecular complexity index is 1050. The lowest BCUT2D eigenvalue weighted by Gasteiger charge is -2.09. The van der Waals surface area contributed by atoms with Gasteiger partial charge >= 0.3 is 0 Å². The van der Waals surface area contributed by atoms with Crippen molar-refractivity contribution in [3.05, 3.63) is 95.5 Å². The van der Waals surface area contributed by atoms with Crippen LogP contribution in [-0.4, -0.2) is 20.0 Å². The lowest BCUT2D eigenvalue weighted by Crippen LogP contribution is -1.99. The first-order valence-corrected chi connectivity index (χ1v) is 10.4. The summed E-state index contributed by atoms with van der Waals surface area (Å²) >= 11 is 5.97. The number of hydrogen-bond acceptors (Lipinski definition) is 4. The second-order valence-electron chi connectivity index (χ2n) is 7.14. The van der Waals surface area contributed by atoms with Gasteiger partial charge in [-0.15, -0.1) is 5.10 Å². The van der Waals surface area contributed by atoms with Crippen molar-refractivity contribution in [2.75, 3.05) is 0 Å². The van der Waals surface area contributed by atoms with Crippen LogP contribution in [0.3, 0.4) is 0 Å². The van der Waals surface area contributed by atoms with Crippen LogP contribution in [0, 0.1) is 0 Å². The number of rotatable bonds is 9. The van der Waals surface area contributed by atoms with Gasteiger partial charge in [-0.05, 0) is 60.7 Å². The van der Waals surface area contributed by atoms with Crippen molar-refractivity contribution in [2.45, 2.75) is 32.4 Å². The number of nitrogens with zero attached hydrogens (tertiary/aromatic N) is 4. The molecule has 152 valence electrons. The minimum Gasteiger partial charge on any atom is -0.489 e. The van der Waals surface area contributed by atoms with E-state index in [1.165, 1.54) is 5.56 Å². The number of ether oxygens (including phenoxy) is 1. The molecule has 0 saturated carbocycles. The number of pyridine rings is 1. The highest BCUT2D eigenvalue weighted by Gasteiger charge is 2.03. The fraction of sp³-hybridized carbons (Fsp3) is 0.208. The number of unbranched alkanes of at least 4 members (excludes halogenated alkanes) is 1. The largest absolute Gasteiger partial charge is 0.489 e. The van der Waals surface area contributed by atoms with Gasteiger partial charge in [0, 0.05) is 41.3 Å². The van der Waals surface area contributed by atoms with Crippen molar-refractivity contribution in [3.63, 3.8) is 0 Å². The van der Waals surface area contributed by atoms with E-state index in [2.05, 4.69) is 33.5 Å². The molecule has 30 heavy (non-hydrogen) atoms. The van der Waals surface area contributed by atoms with Crippen LogP contribution in [0.2, 0.25) is 5.02 Å². The van der Waals surface area contributed by atoms with Crippen molar-refractivity contribution in [2.24, 2.45) is 0 Å². The van der Waals surface area contributed by atoms with E-state index in [1.807, 2.05) is 59.7 Å². The normalized spacial score (nSPS) is 10.8. The third-order valence-corrected chi connectivity index (χ3v) is 5.13. The molecule has 0 spiro atoms. The van der Waals surface area contributed by atoms with Crippen molar-refractivity contribution >= 4 is 11.6 Å². The van der Waals surface area contributed by atoms with E-state index in [4.69, 9.17) is 16.3 Å². The predicted octanol–water partition coefficient (Wildman–Crippen LogP) is 5.60. The Morgan fingerprint density at radius 3 is 2.47 bits per heavy atom. The Morgan fingerprint density at radius 1 is 0.867 bits per heavy atom. The topological polar surface area (TPSA) is 52.8 Å². The molecular formula is C24H23ClN4O. The quantitative estimate of drug-likeness (QED) is 0.332. The van der Waals surface area contributed by atoms with Crippen LogP contribution in [0.15, 0.2) is 79.4 Å². The smallest absolute Gasteiger partial charge is 0.119 e. The van der Waals surface area contributed by atoms with E-state index in [0.29, 0.717) is 6.61 Å². The molecule has 0 bridgehead atoms. The zero-order valence-corrected chi connectivity index (χ0v) is 17.4. The number of aromatic nitrogens is 4. The van der Waals surface area contributed by atoms with Crippen LogP contribution in [0.4, 0.5) is 0 Å². The van der Waals surface area contributed by atoms with Gasteiger partial charge in [-0.1, -0.05) is 41.1 Å². The van der Waals surface area contributed by atoms with Crippen LogP contribution in [-0.2, 0) is 19.6 Å². The van der Waals surface area contributed by atoms with Gasteiger partial charge in [0.05, 0.1) is 6.20 Å². The number of hydrogen-bond donors (Lipinski definition) is 0. The fourth-order valence-electron chi connectivity index (χ4n) is 3.24. The van der Waals surface area contributed by atoms with Crippen LogP contribution in [0.5, 0.6) is 5.75 Å². The van der Waals surface area contributed by atoms with Gasteiger partial charge in [0.2, 0.25) is 0 Å². The molecule has 4 rings (SSSR count). The minimum atomic E-state index is 0.478. The summed E-state index contributed by atoms with van der Waals surface area (Å²) in [6, 6.07) is 18.2. The number of halogens is 1. The van der Waals surface area contributed by atoms with E-state index in [-0.39, 0.29) is 0 Å². The summed E-state index contributed by atoms with van der Waals surface area (Å²) in [5.74, 6) is 0.860. The molecule has 2 heterocycles. The van der Waals surface area contributed by atoms with Crippen molar-refractivity contribution in [3.8, 4) is 16.9 Å². The maximum Gasteiger partial charge on any atom is 0.119 e. The van der Waals surface area contributed by atoms with Crippen LogP contribution >= 0.6 is 11.6 Å². The highest BCUT2D eigenvalue weighted by molar-refractivity contribution is 6.30. The molecule has 0 amide bonds. The summed E-state index contributed by atoms with van der Waals surface area (Å²) in [7, 11) is 0. The Hall–Kier alpha value is -3.18. The van der Waals surface area contributed by atoms with Gasteiger partial charge in [0.25, 0.3) is 0 Å². The minimum absolute atomic E-state index is 0.478. The summed E-state index contributed by atoms with van der Waals surface area (Å²) in [6.45, 7) is 1.38. The molecule has 0 radical (unpaired) electrons. The number of benzene rings is 2. The third-order valence-electron chi connectivity index (χ3n) is 4.88. The Labute approximate surface area is 181 Å². The zero-order chi connectivity index (χ0) is 20.6. The maximum atomic E-state index is 5.97. The average Bonchev–Trinajstić information content (AvgIpc) is 3.30. The van der Waals surface area contributed by atoms with Gasteiger partial charge in [0.1, 0.15) is 12.4 Å². The zero-order valence-electron chi connectivity index (χ0n) is 16.6. The molecule has 6 heteroatoms. The third kappa shape index (κ3) is 5.67. The van der Waals surface area contributed by atoms with Crippen LogP contribution in [0.25, 0.3) is 11.1 Å². The lowest BCUT2D eigenvalue weighted by molar-refractivity contribution is 0.305. The molecule has 2 aromatic heterocycles. The SMILES string of the molecule is Clc1ccc(-c2cncc(COc3ccc(CCCCn4ccnn4)cc3)c2)cc1. The number of aryl methyl sites for hydroxylation is 2. The molecule has 0 unspecified atom stereocenters. The van der Waals surface area contributed by atoms with Gasteiger partial charge < -0.3 is 4.74 Å². The van der Waals surface area contributed by atoms with E-state index >= 15 is 0 Å². The van der Waals surface area contributed by atoms with Crippen LogP contribution < -0.4 is 4.74 Å². The van der Waals surface area contributed by atoms with Crippen molar-refractivity contribution in [1.82, 2.24) is 20.0 Å². The molecule has 2 aromatic carbocycles. The Balaban J connectivity index is 1.26. The highest BCUT2D eigenvalue weighted by Crippen LogP contribution is 2.22. The van der Waals surface area contributed by atoms with E-state index in [9.17, 15) is 0 Å². The van der Waals surface area contributed by atoms with E-state index in [0.717, 1.165) is 53.3 Å². The van der Waals surface area contributed by atoms with Gasteiger partial charge in [-0.2, -0.15) is 0 Å². The monoisotopic (exact) mass is 418 g/mol. The first-order chi connectivity index (χ1) is 14.8. The molecule has 0 aliphatic heterocycles. The van der Waals surface area contributed by atoms with Crippen molar-refractivity contribution < 1.29 is 4.74 Å². The second kappa shape index (κ2) is 10.0. The molecule has 0 aliphatic rings. The molecule has 0 fully saturated rings. The molecule has 0 aliphatic carbocycles. The summed E-state index contributed by atoms with van der Waals surface area (Å²) < 4.78 is 7.82. The molecular weight excluding hydrogens is 396 g/mol. The first kappa shape index (κ1) is 20.1. The van der Waals surface area contributed by atoms with E-state index in [1.54, 1.807) is 6.20 Å². The van der Waals surface area contributed by atoms with Gasteiger partial charge in [-0.25, -0.2) is 0 Å². The molecule has 0 saturated heterocycles. The summed E-state index contributed by atoms with van der Waals surface area (Å²) in [5, 5.41) is 8.53. The first-order valence-electron chi connectivity index (χ1n) is 10.0. The lowest BCUT2D eigenvalue weighted by atomic mass is 10.1. The van der Waals surface area contributed by atoms with Crippen LogP contribution in [0.1, 0.15) is 24.0 Å². The molecule has 0 atom stereocenters. The van der Waals surface area contributed by atoms with E-state index < -0.39 is 0 Å².